The Bertz CT molecular complexity index is 1910. The third-order valence-electron chi connectivity index (χ3n) is 9.62. The Labute approximate surface area is 338 Å². The maximum atomic E-state index is 12.6. The monoisotopic (exact) mass is 720 g/mol. The van der Waals surface area contributed by atoms with Crippen LogP contribution in [0.2, 0.25) is 0 Å². The standard InChI is InChI=1S/C19H20N2O3.C11H14ClNO.C8H5NO2.K/c1-11-13-7-6-12(8-16(13)21-17(11)10-22)9-18(23)14-4-2-3-5-15(14)19(20)24;1-7-9-3-2-8(5-12)4-10(9)13-11(7)6-14;10-7-5-3-1-2-4-6(5)8(11)9-7;/h2-5,10,12,21H,6-9H2,1H3,(H2,20,24);6,8,13H,2-5H2,1H3;1-4H,(H,9,10,11);/q;;;+1/p-1. The minimum absolute atomic E-state index is 0. The predicted molar refractivity (Wildman–Crippen MR) is 186 cm³/mol. The van der Waals surface area contributed by atoms with Gasteiger partial charge in [-0.3, -0.25) is 19.2 Å². The van der Waals surface area contributed by atoms with Gasteiger partial charge in [-0.25, -0.2) is 0 Å². The summed E-state index contributed by atoms with van der Waals surface area (Å²) < 4.78 is 0. The first-order chi connectivity index (χ1) is 23.6. The summed E-state index contributed by atoms with van der Waals surface area (Å²) in [5, 5.41) is 3.28. The molecule has 12 heteroatoms. The molecular weight excluding hydrogens is 683 g/mol. The van der Waals surface area contributed by atoms with Crippen molar-refractivity contribution < 1.29 is 80.2 Å². The van der Waals surface area contributed by atoms with Crippen LogP contribution in [0.1, 0.15) is 115 Å². The predicted octanol–water partition coefficient (Wildman–Crippen LogP) is 3.45. The number of fused-ring (bicyclic) bond motifs is 3. The molecule has 2 atom stereocenters. The number of benzene rings is 2. The molecule has 3 amide bonds. The Morgan fingerprint density at radius 2 is 1.26 bits per heavy atom. The van der Waals surface area contributed by atoms with Gasteiger partial charge in [0, 0.05) is 45.9 Å². The van der Waals surface area contributed by atoms with Crippen molar-refractivity contribution in [3.8, 4) is 0 Å². The molecule has 10 nitrogen and oxygen atoms in total. The van der Waals surface area contributed by atoms with Gasteiger partial charge in [0.1, 0.15) is 0 Å². The number of imide groups is 1. The van der Waals surface area contributed by atoms with E-state index in [-0.39, 0.29) is 68.6 Å². The Hall–Kier alpha value is -3.45. The van der Waals surface area contributed by atoms with Gasteiger partial charge in [-0.2, -0.15) is 0 Å². The van der Waals surface area contributed by atoms with Crippen LogP contribution in [0.3, 0.4) is 0 Å². The summed E-state index contributed by atoms with van der Waals surface area (Å²) in [5.41, 5.74) is 15.2. The van der Waals surface area contributed by atoms with E-state index in [9.17, 15) is 28.8 Å². The first-order valence-electron chi connectivity index (χ1n) is 16.2. The maximum absolute atomic E-state index is 12.6. The minimum Gasteiger partial charge on any atom is -0.587 e. The van der Waals surface area contributed by atoms with Crippen LogP contribution in [0, 0.1) is 25.7 Å². The second-order valence-corrected chi connectivity index (χ2v) is 13.0. The number of halogens is 1. The first-order valence-corrected chi connectivity index (χ1v) is 16.8. The number of H-pyrrole nitrogens is 2. The molecule has 2 aromatic carbocycles. The van der Waals surface area contributed by atoms with Crippen LogP contribution in [-0.2, 0) is 25.7 Å². The normalized spacial score (nSPS) is 16.9. The number of nitrogens with two attached hydrogens (primary N) is 1. The van der Waals surface area contributed by atoms with Gasteiger partial charge in [0.05, 0.1) is 23.2 Å². The topological polar surface area (TPSA) is 174 Å². The van der Waals surface area contributed by atoms with Crippen molar-refractivity contribution >= 4 is 47.7 Å². The maximum Gasteiger partial charge on any atom is 1.00 e. The van der Waals surface area contributed by atoms with E-state index in [0.29, 0.717) is 40.6 Å². The molecule has 0 fully saturated rings. The zero-order valence-corrected chi connectivity index (χ0v) is 32.3. The van der Waals surface area contributed by atoms with E-state index in [1.807, 2.05) is 13.8 Å². The number of alkyl halides is 1. The number of rotatable bonds is 7. The number of aromatic nitrogens is 2. The van der Waals surface area contributed by atoms with Crippen LogP contribution in [0.15, 0.2) is 48.5 Å². The molecule has 0 spiro atoms. The average molecular weight is 721 g/mol. The quantitative estimate of drug-likeness (QED) is 0.0867. The van der Waals surface area contributed by atoms with E-state index in [4.69, 9.17) is 17.3 Å². The molecule has 3 aliphatic rings. The van der Waals surface area contributed by atoms with E-state index in [1.54, 1.807) is 48.5 Å². The summed E-state index contributed by atoms with van der Waals surface area (Å²) in [6.45, 7) is 3.97. The number of nitrogens with one attached hydrogen (secondary N) is 2. The van der Waals surface area contributed by atoms with Crippen LogP contribution < -0.4 is 57.1 Å². The van der Waals surface area contributed by atoms with E-state index in [0.717, 1.165) is 73.6 Å². The van der Waals surface area contributed by atoms with Crippen LogP contribution >= 0.6 is 11.6 Å². The summed E-state index contributed by atoms with van der Waals surface area (Å²) in [4.78, 5) is 74.0. The number of carbonyl (C=O) groups excluding carboxylic acids is 6. The van der Waals surface area contributed by atoms with Crippen molar-refractivity contribution in [2.24, 2.45) is 17.6 Å². The number of primary amides is 1. The zero-order valence-electron chi connectivity index (χ0n) is 28.4. The molecule has 7 rings (SSSR count). The number of amides is 3. The molecule has 2 aliphatic carbocycles. The Balaban J connectivity index is 0.000000183. The smallest absolute Gasteiger partial charge is 0.587 e. The largest absolute Gasteiger partial charge is 1.00 e. The number of ketones is 1. The van der Waals surface area contributed by atoms with Crippen molar-refractivity contribution in [2.45, 2.75) is 58.8 Å². The molecule has 2 aromatic heterocycles. The second kappa shape index (κ2) is 17.7. The van der Waals surface area contributed by atoms with Gasteiger partial charge in [0.15, 0.2) is 18.4 Å². The fourth-order valence-corrected chi connectivity index (χ4v) is 7.13. The molecule has 2 unspecified atom stereocenters. The number of aromatic amines is 2. The number of Topliss-reactive ketones (excluding diaryl/α,β-unsaturated/α-hetero) is 1. The van der Waals surface area contributed by atoms with Gasteiger partial charge in [-0.15, -0.1) is 11.6 Å². The minimum atomic E-state index is -0.583. The van der Waals surface area contributed by atoms with Gasteiger partial charge < -0.3 is 30.6 Å². The number of hydrogen-bond donors (Lipinski definition) is 3. The van der Waals surface area contributed by atoms with Crippen LogP contribution in [0.4, 0.5) is 0 Å². The number of hydrogen-bond acceptors (Lipinski definition) is 6. The van der Waals surface area contributed by atoms with Gasteiger partial charge in [-0.1, -0.05) is 42.5 Å². The molecule has 50 heavy (non-hydrogen) atoms. The third-order valence-corrected chi connectivity index (χ3v) is 10.1. The molecule has 0 saturated carbocycles. The summed E-state index contributed by atoms with van der Waals surface area (Å²) >= 11 is 5.84. The number of nitrogens with zero attached hydrogens (tertiary/aromatic N) is 1. The Morgan fingerprint density at radius 3 is 1.74 bits per heavy atom. The van der Waals surface area contributed by atoms with Crippen molar-refractivity contribution in [3.63, 3.8) is 0 Å². The average Bonchev–Trinajstić information content (AvgIpc) is 3.73. The van der Waals surface area contributed by atoms with Crippen molar-refractivity contribution in [2.75, 3.05) is 5.88 Å². The Kier molecular flexibility index (Phi) is 13.9. The summed E-state index contributed by atoms with van der Waals surface area (Å²) in [7, 11) is 0. The van der Waals surface area contributed by atoms with E-state index in [1.165, 1.54) is 16.8 Å². The van der Waals surface area contributed by atoms with E-state index < -0.39 is 17.7 Å². The van der Waals surface area contributed by atoms with Gasteiger partial charge in [-0.05, 0) is 92.5 Å². The van der Waals surface area contributed by atoms with E-state index >= 15 is 0 Å². The van der Waals surface area contributed by atoms with Crippen molar-refractivity contribution in [3.05, 3.63) is 121 Å². The van der Waals surface area contributed by atoms with Gasteiger partial charge in [0.2, 0.25) is 5.91 Å². The van der Waals surface area contributed by atoms with Gasteiger partial charge in [0.25, 0.3) is 0 Å². The third kappa shape index (κ3) is 8.70. The molecule has 4 aromatic rings. The molecule has 0 radical (unpaired) electrons. The molecule has 254 valence electrons. The van der Waals surface area contributed by atoms with Gasteiger partial charge >= 0.3 is 51.4 Å². The molecule has 1 aliphatic heterocycles. The van der Waals surface area contributed by atoms with Crippen molar-refractivity contribution in [1.82, 2.24) is 9.97 Å². The summed E-state index contributed by atoms with van der Waals surface area (Å²) in [6.07, 6.45) is 7.83. The fourth-order valence-electron chi connectivity index (χ4n) is 6.87. The van der Waals surface area contributed by atoms with Crippen LogP contribution in [0.5, 0.6) is 0 Å². The molecule has 3 heterocycles. The van der Waals surface area contributed by atoms with Crippen molar-refractivity contribution in [1.29, 1.82) is 0 Å². The number of carbonyl (C=O) groups is 6. The zero-order chi connectivity index (χ0) is 35.2. The SMILES string of the molecule is Cc1c(C=O)[nH]c2c1CCC(CC(=O)c1ccccc1C(N)=O)C2.Cc1c(C=O)[nH]c2c1CCC(CCl)C2.O=C1[N-]C(=O)c2ccccc21.[K+]. The molecule has 0 saturated heterocycles. The molecule has 4 N–H and O–H groups in total. The van der Waals surface area contributed by atoms with Crippen LogP contribution in [0.25, 0.3) is 5.32 Å². The summed E-state index contributed by atoms with van der Waals surface area (Å²) in [5.74, 6) is -0.00728. The number of aldehydes is 2. The first kappa shape index (κ1) is 39.3. The molecule has 0 bridgehead atoms. The van der Waals surface area contributed by atoms with Crippen LogP contribution in [-0.4, -0.2) is 51.9 Å². The van der Waals surface area contributed by atoms with E-state index in [2.05, 4.69) is 15.3 Å². The second-order valence-electron chi connectivity index (χ2n) is 12.7. The Morgan fingerprint density at radius 1 is 0.800 bits per heavy atom. The molecular formula is C38H38ClKN4O6. The fraction of sp³-hybridized carbons (Fsp3) is 0.316. The summed E-state index contributed by atoms with van der Waals surface area (Å²) in [6, 6.07) is 13.3.